The molecule has 0 bridgehead atoms. The predicted molar refractivity (Wildman–Crippen MR) is 144 cm³/mol. The van der Waals surface area contributed by atoms with Crippen molar-refractivity contribution >= 4 is 22.8 Å². The molecule has 11 nitrogen and oxygen atoms in total. The molecule has 196 valence electrons. The average molecular weight is 524 g/mol. The molecule has 1 unspecified atom stereocenters. The van der Waals surface area contributed by atoms with Crippen LogP contribution in [0.4, 0.5) is 5.82 Å². The number of anilines is 1. The SMILES string of the molecule is NC(=O)c1c2n(n(-c3ccccc3)c1=O)CCOC2c1ccc(-c2cn(C3COC3)c3ncnc(N)c23)cc1. The lowest BCUT2D eigenvalue weighted by Crippen LogP contribution is -2.30. The van der Waals surface area contributed by atoms with E-state index in [1.165, 1.54) is 11.0 Å². The fourth-order valence-electron chi connectivity index (χ4n) is 5.52. The van der Waals surface area contributed by atoms with Crippen LogP contribution in [0, 0.1) is 0 Å². The number of ether oxygens (including phenoxy) is 2. The standard InChI is InChI=1S/C28H25N7O4/c29-25-21-20(12-33(19-13-38-14-19)27(21)32-15-31-25)16-6-8-17(9-7-16)24-23-22(26(30)36)28(37)35(34(23)10-11-39-24)18-4-2-1-3-5-18/h1-9,12,15,19,24H,10-11,13-14H2,(H2,30,36)(H2,29,31,32). The molecule has 0 spiro atoms. The normalized spacial score (nSPS) is 17.2. The maximum absolute atomic E-state index is 13.4. The molecule has 39 heavy (non-hydrogen) atoms. The van der Waals surface area contributed by atoms with E-state index in [1.54, 1.807) is 4.68 Å². The van der Waals surface area contributed by atoms with Gasteiger partial charge in [0.25, 0.3) is 11.5 Å². The van der Waals surface area contributed by atoms with Crippen molar-refractivity contribution in [1.29, 1.82) is 0 Å². The van der Waals surface area contributed by atoms with Gasteiger partial charge in [0.2, 0.25) is 0 Å². The van der Waals surface area contributed by atoms with E-state index >= 15 is 0 Å². The number of aromatic nitrogens is 5. The van der Waals surface area contributed by atoms with Crippen LogP contribution in [-0.2, 0) is 16.0 Å². The van der Waals surface area contributed by atoms with Crippen LogP contribution in [0.5, 0.6) is 0 Å². The van der Waals surface area contributed by atoms with E-state index in [-0.39, 0.29) is 11.6 Å². The van der Waals surface area contributed by atoms with Crippen molar-refractivity contribution in [1.82, 2.24) is 23.9 Å². The number of hydrogen-bond acceptors (Lipinski definition) is 7. The molecule has 2 aliphatic rings. The summed E-state index contributed by atoms with van der Waals surface area (Å²) in [6.45, 7) is 2.02. The Morgan fingerprint density at radius 1 is 1.03 bits per heavy atom. The van der Waals surface area contributed by atoms with Crippen LogP contribution in [0.15, 0.2) is 71.9 Å². The molecule has 2 aromatic carbocycles. The van der Waals surface area contributed by atoms with Crippen molar-refractivity contribution in [2.45, 2.75) is 18.7 Å². The third-order valence-corrected chi connectivity index (χ3v) is 7.44. The molecule has 1 fully saturated rings. The minimum absolute atomic E-state index is 0.0664. The first-order chi connectivity index (χ1) is 19.0. The molecule has 5 aromatic rings. The molecular weight excluding hydrogens is 498 g/mol. The van der Waals surface area contributed by atoms with Gasteiger partial charge in [-0.05, 0) is 23.3 Å². The Kier molecular flexibility index (Phi) is 5.35. The summed E-state index contributed by atoms with van der Waals surface area (Å²) < 4.78 is 16.9. The zero-order valence-electron chi connectivity index (χ0n) is 20.9. The van der Waals surface area contributed by atoms with Gasteiger partial charge in [0.15, 0.2) is 0 Å². The maximum Gasteiger partial charge on any atom is 0.284 e. The summed E-state index contributed by atoms with van der Waals surface area (Å²) in [5.74, 6) is -0.375. The summed E-state index contributed by atoms with van der Waals surface area (Å²) in [6.07, 6.45) is 2.87. The lowest BCUT2D eigenvalue weighted by Gasteiger charge is -2.28. The highest BCUT2D eigenvalue weighted by Gasteiger charge is 2.34. The number of rotatable bonds is 5. The number of nitrogens with two attached hydrogens (primary N) is 2. The van der Waals surface area contributed by atoms with Crippen molar-refractivity contribution in [3.8, 4) is 16.8 Å². The number of para-hydroxylation sites is 1. The van der Waals surface area contributed by atoms with Crippen molar-refractivity contribution in [3.63, 3.8) is 0 Å². The Labute approximate surface area is 222 Å². The van der Waals surface area contributed by atoms with E-state index < -0.39 is 17.6 Å². The van der Waals surface area contributed by atoms with Gasteiger partial charge >= 0.3 is 0 Å². The van der Waals surface area contributed by atoms with Crippen molar-refractivity contribution < 1.29 is 14.3 Å². The third-order valence-electron chi connectivity index (χ3n) is 7.44. The van der Waals surface area contributed by atoms with Crippen LogP contribution in [0.25, 0.3) is 27.8 Å². The zero-order valence-corrected chi connectivity index (χ0v) is 20.9. The number of nitrogen functional groups attached to an aromatic ring is 1. The van der Waals surface area contributed by atoms with E-state index in [0.717, 1.165) is 27.7 Å². The van der Waals surface area contributed by atoms with Crippen LogP contribution in [-0.4, -0.2) is 49.6 Å². The quantitative estimate of drug-likeness (QED) is 0.360. The first-order valence-electron chi connectivity index (χ1n) is 12.6. The summed E-state index contributed by atoms with van der Waals surface area (Å²) in [7, 11) is 0. The summed E-state index contributed by atoms with van der Waals surface area (Å²) in [6, 6.07) is 17.2. The second-order valence-electron chi connectivity index (χ2n) is 9.67. The zero-order chi connectivity index (χ0) is 26.7. The first kappa shape index (κ1) is 23.4. The number of nitrogens with zero attached hydrogens (tertiary/aromatic N) is 5. The van der Waals surface area contributed by atoms with E-state index in [0.29, 0.717) is 43.6 Å². The fourth-order valence-corrected chi connectivity index (χ4v) is 5.52. The number of benzene rings is 2. The van der Waals surface area contributed by atoms with E-state index in [1.807, 2.05) is 60.8 Å². The number of primary amides is 1. The van der Waals surface area contributed by atoms with Crippen LogP contribution < -0.4 is 17.0 Å². The van der Waals surface area contributed by atoms with E-state index in [9.17, 15) is 9.59 Å². The Balaban J connectivity index is 1.33. The molecule has 5 heterocycles. The molecule has 0 aliphatic carbocycles. The number of fused-ring (bicyclic) bond motifs is 2. The van der Waals surface area contributed by atoms with Crippen molar-refractivity contribution in [2.75, 3.05) is 25.6 Å². The molecule has 3 aromatic heterocycles. The Morgan fingerprint density at radius 2 is 1.79 bits per heavy atom. The van der Waals surface area contributed by atoms with Crippen LogP contribution in [0.1, 0.15) is 33.8 Å². The van der Waals surface area contributed by atoms with E-state index in [2.05, 4.69) is 14.5 Å². The number of amides is 1. The van der Waals surface area contributed by atoms with Gasteiger partial charge in [-0.3, -0.25) is 14.3 Å². The molecule has 4 N–H and O–H groups in total. The molecule has 1 atom stereocenters. The largest absolute Gasteiger partial charge is 0.383 e. The molecule has 11 heteroatoms. The second-order valence-corrected chi connectivity index (χ2v) is 9.67. The monoisotopic (exact) mass is 523 g/mol. The van der Waals surface area contributed by atoms with Crippen LogP contribution >= 0.6 is 0 Å². The first-order valence-corrected chi connectivity index (χ1v) is 12.6. The van der Waals surface area contributed by atoms with Gasteiger partial charge in [0.05, 0.1) is 49.2 Å². The minimum atomic E-state index is -0.784. The van der Waals surface area contributed by atoms with Gasteiger partial charge in [-0.25, -0.2) is 14.6 Å². The highest BCUT2D eigenvalue weighted by molar-refractivity contribution is 6.00. The molecular formula is C28H25N7O4. The summed E-state index contributed by atoms with van der Waals surface area (Å²) in [5.41, 5.74) is 16.0. The molecule has 0 saturated carbocycles. The average Bonchev–Trinajstić information content (AvgIpc) is 3.44. The number of carbonyl (C=O) groups excluding carboxylic acids is 1. The van der Waals surface area contributed by atoms with Crippen molar-refractivity contribution in [3.05, 3.63) is 94.3 Å². The van der Waals surface area contributed by atoms with Crippen LogP contribution in [0.3, 0.4) is 0 Å². The third kappa shape index (κ3) is 3.58. The minimum Gasteiger partial charge on any atom is -0.383 e. The lowest BCUT2D eigenvalue weighted by molar-refractivity contribution is -0.0215. The highest BCUT2D eigenvalue weighted by atomic mass is 16.5. The molecule has 7 rings (SSSR count). The van der Waals surface area contributed by atoms with Gasteiger partial charge < -0.3 is 25.5 Å². The van der Waals surface area contributed by atoms with Gasteiger partial charge in [-0.15, -0.1) is 0 Å². The number of hydrogen-bond donors (Lipinski definition) is 2. The smallest absolute Gasteiger partial charge is 0.284 e. The molecule has 2 aliphatic heterocycles. The van der Waals surface area contributed by atoms with Gasteiger partial charge in [-0.1, -0.05) is 42.5 Å². The Bertz CT molecular complexity index is 1780. The topological polar surface area (TPSA) is 145 Å². The van der Waals surface area contributed by atoms with Crippen molar-refractivity contribution in [2.24, 2.45) is 5.73 Å². The predicted octanol–water partition coefficient (Wildman–Crippen LogP) is 2.42. The fraction of sp³-hybridized carbons (Fsp3) is 0.214. The summed E-state index contributed by atoms with van der Waals surface area (Å²) >= 11 is 0. The molecule has 1 saturated heterocycles. The summed E-state index contributed by atoms with van der Waals surface area (Å²) in [4.78, 5) is 34.6. The van der Waals surface area contributed by atoms with E-state index in [4.69, 9.17) is 20.9 Å². The molecule has 0 radical (unpaired) electrons. The Morgan fingerprint density at radius 3 is 2.49 bits per heavy atom. The lowest BCUT2D eigenvalue weighted by atomic mass is 9.98. The van der Waals surface area contributed by atoms with Gasteiger partial charge in [-0.2, -0.15) is 0 Å². The van der Waals surface area contributed by atoms with Gasteiger partial charge in [0.1, 0.15) is 29.5 Å². The maximum atomic E-state index is 13.4. The van der Waals surface area contributed by atoms with Gasteiger partial charge in [0, 0.05) is 11.8 Å². The number of carbonyl (C=O) groups is 1. The summed E-state index contributed by atoms with van der Waals surface area (Å²) in [5, 5.41) is 0.788. The Hall–Kier alpha value is -4.74. The molecule has 1 amide bonds. The van der Waals surface area contributed by atoms with Crippen LogP contribution in [0.2, 0.25) is 0 Å². The highest BCUT2D eigenvalue weighted by Crippen LogP contribution is 2.37. The second kappa shape index (κ2) is 8.93.